The van der Waals surface area contributed by atoms with Gasteiger partial charge in [-0.2, -0.15) is 0 Å². The van der Waals surface area contributed by atoms with Gasteiger partial charge in [0.05, 0.1) is 11.8 Å². The number of hydrogen-bond donors (Lipinski definition) is 3. The number of hydrogen-bond acceptors (Lipinski definition) is 3. The zero-order chi connectivity index (χ0) is 15.1. The molecule has 0 aliphatic heterocycles. The number of aliphatic carboxylic acids is 1. The highest BCUT2D eigenvalue weighted by molar-refractivity contribution is 5.85. The number of amides is 1. The van der Waals surface area contributed by atoms with E-state index in [1.165, 1.54) is 0 Å². The van der Waals surface area contributed by atoms with Crippen LogP contribution in [0.15, 0.2) is 0 Å². The molecule has 3 N–H and O–H groups in total. The van der Waals surface area contributed by atoms with Crippen LogP contribution in [0.2, 0.25) is 0 Å². The first-order valence-electron chi connectivity index (χ1n) is 6.93. The predicted octanol–water partition coefficient (Wildman–Crippen LogP) is 1.49. The third-order valence-corrected chi connectivity index (χ3v) is 3.83. The van der Waals surface area contributed by atoms with Crippen LogP contribution in [0, 0.1) is 17.3 Å². The predicted molar refractivity (Wildman–Crippen MR) is 75.9 cm³/mol. The number of rotatable bonds is 9. The second kappa shape index (κ2) is 8.15. The largest absolute Gasteiger partial charge is 0.481 e. The molecule has 0 aromatic heterocycles. The number of carboxylic acid groups (broad SMARTS) is 1. The molecule has 0 saturated carbocycles. The van der Waals surface area contributed by atoms with Crippen molar-refractivity contribution in [1.82, 2.24) is 10.6 Å². The van der Waals surface area contributed by atoms with Gasteiger partial charge >= 0.3 is 5.97 Å². The van der Waals surface area contributed by atoms with Gasteiger partial charge in [0.15, 0.2) is 0 Å². The molecule has 0 aromatic rings. The van der Waals surface area contributed by atoms with E-state index >= 15 is 0 Å². The molecule has 0 saturated heterocycles. The summed E-state index contributed by atoms with van der Waals surface area (Å²) in [6, 6.07) is 0. The highest BCUT2D eigenvalue weighted by Crippen LogP contribution is 2.36. The van der Waals surface area contributed by atoms with Crippen LogP contribution in [0.5, 0.6) is 0 Å². The lowest BCUT2D eigenvalue weighted by molar-refractivity contribution is -0.150. The van der Waals surface area contributed by atoms with Gasteiger partial charge in [0.1, 0.15) is 0 Å². The Labute approximate surface area is 116 Å². The Morgan fingerprint density at radius 3 is 2.26 bits per heavy atom. The number of carboxylic acids is 1. The van der Waals surface area contributed by atoms with Gasteiger partial charge in [-0.1, -0.05) is 34.1 Å². The van der Waals surface area contributed by atoms with Gasteiger partial charge in [0.25, 0.3) is 0 Å². The first-order chi connectivity index (χ1) is 8.77. The molecule has 2 unspecified atom stereocenters. The summed E-state index contributed by atoms with van der Waals surface area (Å²) in [5.41, 5.74) is -0.328. The molecule has 0 aliphatic rings. The van der Waals surface area contributed by atoms with Crippen molar-refractivity contribution in [2.75, 3.05) is 20.1 Å². The smallest absolute Gasteiger partial charge is 0.307 e. The molecule has 5 nitrogen and oxygen atoms in total. The van der Waals surface area contributed by atoms with Crippen LogP contribution in [-0.2, 0) is 9.59 Å². The molecule has 5 heteroatoms. The van der Waals surface area contributed by atoms with Gasteiger partial charge in [-0.25, -0.2) is 0 Å². The average Bonchev–Trinajstić information content (AvgIpc) is 2.34. The van der Waals surface area contributed by atoms with E-state index in [0.29, 0.717) is 6.54 Å². The number of carbonyl (C=O) groups is 2. The van der Waals surface area contributed by atoms with Crippen molar-refractivity contribution in [1.29, 1.82) is 0 Å². The molecule has 0 aromatic carbocycles. The minimum absolute atomic E-state index is 0.155. The van der Waals surface area contributed by atoms with Crippen molar-refractivity contribution in [3.63, 3.8) is 0 Å². The summed E-state index contributed by atoms with van der Waals surface area (Å²) in [6.45, 7) is 8.89. The van der Waals surface area contributed by atoms with Gasteiger partial charge in [0.2, 0.25) is 5.91 Å². The summed E-state index contributed by atoms with van der Waals surface area (Å²) in [4.78, 5) is 23.5. The fraction of sp³-hybridized carbons (Fsp3) is 0.857. The van der Waals surface area contributed by atoms with Crippen molar-refractivity contribution in [2.45, 2.75) is 40.5 Å². The van der Waals surface area contributed by atoms with Crippen molar-refractivity contribution in [2.24, 2.45) is 17.3 Å². The van der Waals surface area contributed by atoms with Crippen molar-refractivity contribution in [3.05, 3.63) is 0 Å². The normalized spacial score (nSPS) is 14.8. The van der Waals surface area contributed by atoms with E-state index in [9.17, 15) is 14.7 Å². The Morgan fingerprint density at radius 2 is 1.84 bits per heavy atom. The van der Waals surface area contributed by atoms with E-state index in [0.717, 1.165) is 19.4 Å². The van der Waals surface area contributed by atoms with Crippen molar-refractivity contribution in [3.8, 4) is 0 Å². The lowest BCUT2D eigenvalue weighted by Crippen LogP contribution is -2.45. The van der Waals surface area contributed by atoms with E-state index in [1.54, 1.807) is 6.92 Å². The lowest BCUT2D eigenvalue weighted by Gasteiger charge is -2.35. The van der Waals surface area contributed by atoms with Crippen LogP contribution >= 0.6 is 0 Å². The zero-order valence-electron chi connectivity index (χ0n) is 12.7. The molecule has 0 heterocycles. The van der Waals surface area contributed by atoms with Crippen LogP contribution in [0.1, 0.15) is 40.5 Å². The SMILES string of the molecule is CCC(C)(C)C(C(=O)NCCCNC)C(C)C(=O)O. The molecule has 0 spiro atoms. The van der Waals surface area contributed by atoms with Crippen molar-refractivity contribution < 1.29 is 14.7 Å². The maximum absolute atomic E-state index is 12.3. The minimum Gasteiger partial charge on any atom is -0.481 e. The molecule has 0 rings (SSSR count). The Morgan fingerprint density at radius 1 is 1.26 bits per heavy atom. The van der Waals surface area contributed by atoms with Crippen LogP contribution in [0.4, 0.5) is 0 Å². The molecule has 112 valence electrons. The molecule has 2 atom stereocenters. The molecule has 0 fully saturated rings. The maximum atomic E-state index is 12.3. The van der Waals surface area contributed by atoms with Crippen molar-refractivity contribution >= 4 is 11.9 Å². The summed E-state index contributed by atoms with van der Waals surface area (Å²) in [5.74, 6) is -2.27. The highest BCUT2D eigenvalue weighted by Gasteiger charge is 2.40. The Balaban J connectivity index is 4.75. The molecule has 19 heavy (non-hydrogen) atoms. The molecule has 0 radical (unpaired) electrons. The molecule has 0 bridgehead atoms. The fourth-order valence-corrected chi connectivity index (χ4v) is 2.21. The van der Waals surface area contributed by atoms with Crippen LogP contribution in [-0.4, -0.2) is 37.1 Å². The quantitative estimate of drug-likeness (QED) is 0.556. The van der Waals surface area contributed by atoms with Gasteiger partial charge in [-0.05, 0) is 25.4 Å². The van der Waals surface area contributed by atoms with E-state index < -0.39 is 17.8 Å². The first kappa shape index (κ1) is 17.9. The molecule has 0 aliphatic carbocycles. The van der Waals surface area contributed by atoms with E-state index in [2.05, 4.69) is 10.6 Å². The summed E-state index contributed by atoms with van der Waals surface area (Å²) >= 11 is 0. The van der Waals surface area contributed by atoms with Gasteiger partial charge < -0.3 is 15.7 Å². The second-order valence-corrected chi connectivity index (χ2v) is 5.69. The first-order valence-corrected chi connectivity index (χ1v) is 6.93. The minimum atomic E-state index is -0.920. The monoisotopic (exact) mass is 272 g/mol. The Hall–Kier alpha value is -1.10. The van der Waals surface area contributed by atoms with Crippen LogP contribution < -0.4 is 10.6 Å². The number of carbonyl (C=O) groups excluding carboxylic acids is 1. The zero-order valence-corrected chi connectivity index (χ0v) is 12.7. The third-order valence-electron chi connectivity index (χ3n) is 3.83. The van der Waals surface area contributed by atoms with Gasteiger partial charge in [-0.3, -0.25) is 9.59 Å². The molecular formula is C14H28N2O3. The number of nitrogens with one attached hydrogen (secondary N) is 2. The third kappa shape index (κ3) is 5.59. The molecular weight excluding hydrogens is 244 g/mol. The highest BCUT2D eigenvalue weighted by atomic mass is 16.4. The summed E-state index contributed by atoms with van der Waals surface area (Å²) < 4.78 is 0. The standard InChI is InChI=1S/C14H28N2O3/c1-6-14(3,4)11(10(2)13(18)19)12(17)16-9-7-8-15-5/h10-11,15H,6-9H2,1-5H3,(H,16,17)(H,18,19). The average molecular weight is 272 g/mol. The Bertz CT molecular complexity index is 303. The van der Waals surface area contributed by atoms with Gasteiger partial charge in [0, 0.05) is 6.54 Å². The van der Waals surface area contributed by atoms with E-state index in [4.69, 9.17) is 0 Å². The van der Waals surface area contributed by atoms with Gasteiger partial charge in [-0.15, -0.1) is 0 Å². The Kier molecular flexibility index (Phi) is 7.68. The van der Waals surface area contributed by atoms with E-state index in [-0.39, 0.29) is 11.3 Å². The second-order valence-electron chi connectivity index (χ2n) is 5.69. The lowest BCUT2D eigenvalue weighted by atomic mass is 9.70. The van der Waals surface area contributed by atoms with Crippen LogP contribution in [0.3, 0.4) is 0 Å². The summed E-state index contributed by atoms with van der Waals surface area (Å²) in [6.07, 6.45) is 1.60. The summed E-state index contributed by atoms with van der Waals surface area (Å²) in [5, 5.41) is 15.0. The fourth-order valence-electron chi connectivity index (χ4n) is 2.21. The van der Waals surface area contributed by atoms with E-state index in [1.807, 2.05) is 27.8 Å². The maximum Gasteiger partial charge on any atom is 0.307 e. The molecule has 1 amide bonds. The van der Waals surface area contributed by atoms with Crippen LogP contribution in [0.25, 0.3) is 0 Å². The summed E-state index contributed by atoms with van der Waals surface area (Å²) in [7, 11) is 1.86. The topological polar surface area (TPSA) is 78.4 Å².